The molecule has 0 fully saturated rings. The number of nitro groups is 1. The molecule has 7 nitrogen and oxygen atoms in total. The van der Waals surface area contributed by atoms with Crippen LogP contribution in [-0.2, 0) is 6.54 Å². The van der Waals surface area contributed by atoms with Gasteiger partial charge in [-0.25, -0.2) is 0 Å². The first-order valence-corrected chi connectivity index (χ1v) is 9.11. The van der Waals surface area contributed by atoms with Crippen LogP contribution in [0.5, 0.6) is 5.75 Å². The van der Waals surface area contributed by atoms with E-state index in [4.69, 9.17) is 0 Å². The number of carbonyl (C=O) groups excluding carboxylic acids is 1. The Balaban J connectivity index is 1.78. The van der Waals surface area contributed by atoms with Crippen molar-refractivity contribution in [2.75, 3.05) is 5.32 Å². The second kappa shape index (κ2) is 7.27. The standard InChI is InChI=1S/C22H19N3O4/c1-14-6-8-15(9-7-14)13-24-21(16-10-11-20(26)19(12-16)25(28)29)23-18-5-3-2-4-17(18)22(24)27/h2-12,21,23,26H,13H2,1H3/p-1/t21-/m0/s1. The van der Waals surface area contributed by atoms with Crippen LogP contribution >= 0.6 is 0 Å². The Bertz CT molecular complexity index is 1100. The van der Waals surface area contributed by atoms with E-state index in [1.54, 1.807) is 23.1 Å². The molecule has 29 heavy (non-hydrogen) atoms. The SMILES string of the molecule is Cc1ccc(CN2C(=O)c3ccccc3N[C@@H]2c2ccc([O-])c([N+](=O)[O-])c2)cc1. The minimum atomic E-state index is -0.700. The molecule has 146 valence electrons. The fraction of sp³-hybridized carbons (Fsp3) is 0.136. The Morgan fingerprint density at radius 1 is 1.07 bits per heavy atom. The van der Waals surface area contributed by atoms with E-state index < -0.39 is 22.5 Å². The third-order valence-electron chi connectivity index (χ3n) is 4.99. The van der Waals surface area contributed by atoms with Crippen molar-refractivity contribution in [1.82, 2.24) is 4.90 Å². The minimum Gasteiger partial charge on any atom is -0.868 e. The van der Waals surface area contributed by atoms with Gasteiger partial charge >= 0.3 is 0 Å². The fourth-order valence-corrected chi connectivity index (χ4v) is 3.46. The third-order valence-corrected chi connectivity index (χ3v) is 4.99. The Labute approximate surface area is 167 Å². The monoisotopic (exact) mass is 388 g/mol. The number of hydrogen-bond acceptors (Lipinski definition) is 5. The van der Waals surface area contributed by atoms with Gasteiger partial charge in [-0.05, 0) is 30.4 Å². The second-order valence-corrected chi connectivity index (χ2v) is 7.00. The summed E-state index contributed by atoms with van der Waals surface area (Å²) in [4.78, 5) is 25.4. The lowest BCUT2D eigenvalue weighted by molar-refractivity contribution is -0.398. The molecule has 3 aromatic carbocycles. The first kappa shape index (κ1) is 18.5. The molecule has 0 bridgehead atoms. The molecule has 0 saturated heterocycles. The molecular weight excluding hydrogens is 370 g/mol. The van der Waals surface area contributed by atoms with E-state index in [1.807, 2.05) is 37.3 Å². The molecule has 0 aliphatic carbocycles. The van der Waals surface area contributed by atoms with Crippen molar-refractivity contribution in [3.8, 4) is 5.75 Å². The summed E-state index contributed by atoms with van der Waals surface area (Å²) < 4.78 is 0. The van der Waals surface area contributed by atoms with Gasteiger partial charge in [-0.15, -0.1) is 0 Å². The maximum absolute atomic E-state index is 13.2. The number of aryl methyl sites for hydroxylation is 1. The van der Waals surface area contributed by atoms with E-state index in [9.17, 15) is 20.0 Å². The molecule has 0 unspecified atom stereocenters. The van der Waals surface area contributed by atoms with Crippen molar-refractivity contribution < 1.29 is 14.8 Å². The fourth-order valence-electron chi connectivity index (χ4n) is 3.46. The molecule has 1 aliphatic heterocycles. The van der Waals surface area contributed by atoms with Crippen LogP contribution < -0.4 is 10.4 Å². The smallest absolute Gasteiger partial charge is 0.262 e. The number of hydrogen-bond donors (Lipinski definition) is 1. The van der Waals surface area contributed by atoms with E-state index in [2.05, 4.69) is 5.32 Å². The van der Waals surface area contributed by atoms with Crippen molar-refractivity contribution in [2.24, 2.45) is 0 Å². The van der Waals surface area contributed by atoms with Crippen LogP contribution in [0.15, 0.2) is 66.7 Å². The summed E-state index contributed by atoms with van der Waals surface area (Å²) >= 11 is 0. The number of anilines is 1. The van der Waals surface area contributed by atoms with Crippen LogP contribution in [0.2, 0.25) is 0 Å². The molecule has 0 spiro atoms. The lowest BCUT2D eigenvalue weighted by Gasteiger charge is -2.38. The number of rotatable bonds is 4. The van der Waals surface area contributed by atoms with E-state index in [-0.39, 0.29) is 5.91 Å². The number of carbonyl (C=O) groups is 1. The first-order valence-electron chi connectivity index (χ1n) is 9.11. The molecule has 7 heteroatoms. The molecule has 1 N–H and O–H groups in total. The van der Waals surface area contributed by atoms with Crippen LogP contribution in [0.4, 0.5) is 11.4 Å². The van der Waals surface area contributed by atoms with Crippen molar-refractivity contribution in [3.63, 3.8) is 0 Å². The summed E-state index contributed by atoms with van der Waals surface area (Å²) in [6.07, 6.45) is -0.641. The Morgan fingerprint density at radius 2 is 1.79 bits per heavy atom. The highest BCUT2D eigenvalue weighted by molar-refractivity contribution is 6.01. The molecule has 3 aromatic rings. The number of nitrogens with zero attached hydrogens (tertiary/aromatic N) is 2. The molecule has 0 saturated carbocycles. The summed E-state index contributed by atoms with van der Waals surface area (Å²) in [5, 5.41) is 26.3. The summed E-state index contributed by atoms with van der Waals surface area (Å²) in [6, 6.07) is 18.9. The van der Waals surface area contributed by atoms with Gasteiger partial charge < -0.3 is 15.3 Å². The number of para-hydroxylation sites is 1. The summed E-state index contributed by atoms with van der Waals surface area (Å²) in [5.74, 6) is -0.842. The van der Waals surface area contributed by atoms with Gasteiger partial charge in [0.1, 0.15) is 6.17 Å². The highest BCUT2D eigenvalue weighted by Crippen LogP contribution is 2.36. The average Bonchev–Trinajstić information content (AvgIpc) is 2.72. The minimum absolute atomic E-state index is 0.182. The van der Waals surface area contributed by atoms with E-state index in [1.165, 1.54) is 18.2 Å². The van der Waals surface area contributed by atoms with E-state index in [0.717, 1.165) is 11.1 Å². The zero-order valence-electron chi connectivity index (χ0n) is 15.7. The molecule has 1 amide bonds. The highest BCUT2D eigenvalue weighted by Gasteiger charge is 2.33. The average molecular weight is 388 g/mol. The second-order valence-electron chi connectivity index (χ2n) is 7.00. The quantitative estimate of drug-likeness (QED) is 0.542. The molecule has 1 atom stereocenters. The lowest BCUT2D eigenvalue weighted by Crippen LogP contribution is -2.42. The van der Waals surface area contributed by atoms with Crippen LogP contribution in [-0.4, -0.2) is 15.7 Å². The van der Waals surface area contributed by atoms with Crippen LogP contribution in [0.25, 0.3) is 0 Å². The van der Waals surface area contributed by atoms with Gasteiger partial charge in [0, 0.05) is 23.9 Å². The summed E-state index contributed by atoms with van der Waals surface area (Å²) in [7, 11) is 0. The Hall–Kier alpha value is -3.87. The van der Waals surface area contributed by atoms with Crippen molar-refractivity contribution >= 4 is 17.3 Å². The number of amides is 1. The van der Waals surface area contributed by atoms with Gasteiger partial charge in [-0.3, -0.25) is 14.9 Å². The van der Waals surface area contributed by atoms with Crippen LogP contribution in [0.1, 0.15) is 33.2 Å². The molecule has 0 radical (unpaired) electrons. The maximum atomic E-state index is 13.2. The van der Waals surface area contributed by atoms with Gasteiger partial charge in [0.25, 0.3) is 11.6 Å². The number of nitrogens with one attached hydrogen (secondary N) is 1. The van der Waals surface area contributed by atoms with Crippen molar-refractivity contribution in [1.29, 1.82) is 0 Å². The Morgan fingerprint density at radius 3 is 2.52 bits per heavy atom. The van der Waals surface area contributed by atoms with Gasteiger partial charge in [0.15, 0.2) is 0 Å². The predicted molar refractivity (Wildman–Crippen MR) is 106 cm³/mol. The number of fused-ring (bicyclic) bond motifs is 1. The summed E-state index contributed by atoms with van der Waals surface area (Å²) in [5.41, 5.74) is 3.20. The summed E-state index contributed by atoms with van der Waals surface area (Å²) in [6.45, 7) is 2.30. The van der Waals surface area contributed by atoms with Gasteiger partial charge in [0.2, 0.25) is 0 Å². The molecular formula is C22H18N3O4-. The third kappa shape index (κ3) is 3.50. The van der Waals surface area contributed by atoms with E-state index >= 15 is 0 Å². The van der Waals surface area contributed by atoms with Crippen molar-refractivity contribution in [3.05, 3.63) is 99.1 Å². The normalized spacial score (nSPS) is 15.6. The van der Waals surface area contributed by atoms with Gasteiger partial charge in [-0.1, -0.05) is 54.1 Å². The van der Waals surface area contributed by atoms with Crippen molar-refractivity contribution in [2.45, 2.75) is 19.6 Å². The Kier molecular flexibility index (Phi) is 4.64. The molecule has 0 aromatic heterocycles. The number of nitro benzene ring substituents is 1. The molecule has 4 rings (SSSR count). The number of benzene rings is 3. The first-order chi connectivity index (χ1) is 13.9. The highest BCUT2D eigenvalue weighted by atomic mass is 16.6. The van der Waals surface area contributed by atoms with Crippen LogP contribution in [0, 0.1) is 17.0 Å². The zero-order valence-corrected chi connectivity index (χ0v) is 15.7. The predicted octanol–water partition coefficient (Wildman–Crippen LogP) is 3.74. The van der Waals surface area contributed by atoms with Crippen LogP contribution in [0.3, 0.4) is 0 Å². The maximum Gasteiger partial charge on any atom is 0.262 e. The molecule has 1 heterocycles. The zero-order chi connectivity index (χ0) is 20.5. The van der Waals surface area contributed by atoms with E-state index in [0.29, 0.717) is 23.4 Å². The molecule has 1 aliphatic rings. The topological polar surface area (TPSA) is 98.5 Å². The lowest BCUT2D eigenvalue weighted by atomic mass is 10.0. The van der Waals surface area contributed by atoms with Gasteiger partial charge in [0.05, 0.1) is 10.5 Å². The van der Waals surface area contributed by atoms with Gasteiger partial charge in [-0.2, -0.15) is 0 Å². The largest absolute Gasteiger partial charge is 0.868 e.